The highest BCUT2D eigenvalue weighted by molar-refractivity contribution is 5.44. The molecule has 5 nitrogen and oxygen atoms in total. The Morgan fingerprint density at radius 1 is 1.44 bits per heavy atom. The lowest BCUT2D eigenvalue weighted by molar-refractivity contribution is -0.0513. The first-order valence-electron chi connectivity index (χ1n) is 6.29. The van der Waals surface area contributed by atoms with Gasteiger partial charge in [-0.05, 0) is 20.8 Å². The SMILES string of the molecule is COCC1CN(c2nc(C)cnc2C)CC(C)O1. The van der Waals surface area contributed by atoms with Crippen molar-refractivity contribution in [3.05, 3.63) is 17.6 Å². The summed E-state index contributed by atoms with van der Waals surface area (Å²) < 4.78 is 11.0. The lowest BCUT2D eigenvalue weighted by Gasteiger charge is -2.37. The Balaban J connectivity index is 2.18. The highest BCUT2D eigenvalue weighted by atomic mass is 16.5. The van der Waals surface area contributed by atoms with Gasteiger partial charge in [-0.1, -0.05) is 0 Å². The summed E-state index contributed by atoms with van der Waals surface area (Å²) >= 11 is 0. The van der Waals surface area contributed by atoms with Crippen molar-refractivity contribution >= 4 is 5.82 Å². The van der Waals surface area contributed by atoms with Crippen molar-refractivity contribution in [3.8, 4) is 0 Å². The minimum Gasteiger partial charge on any atom is -0.382 e. The molecule has 18 heavy (non-hydrogen) atoms. The van der Waals surface area contributed by atoms with E-state index in [-0.39, 0.29) is 12.2 Å². The highest BCUT2D eigenvalue weighted by Crippen LogP contribution is 2.21. The lowest BCUT2D eigenvalue weighted by Crippen LogP contribution is -2.49. The number of nitrogens with zero attached hydrogens (tertiary/aromatic N) is 3. The Bertz CT molecular complexity index is 411. The molecule has 1 saturated heterocycles. The number of methoxy groups -OCH3 is 1. The summed E-state index contributed by atoms with van der Waals surface area (Å²) in [5, 5.41) is 0. The topological polar surface area (TPSA) is 47.5 Å². The van der Waals surface area contributed by atoms with Crippen molar-refractivity contribution in [1.29, 1.82) is 0 Å². The smallest absolute Gasteiger partial charge is 0.150 e. The van der Waals surface area contributed by atoms with E-state index in [9.17, 15) is 0 Å². The van der Waals surface area contributed by atoms with Gasteiger partial charge in [0.25, 0.3) is 0 Å². The molecule has 2 unspecified atom stereocenters. The molecule has 1 fully saturated rings. The molecule has 0 amide bonds. The van der Waals surface area contributed by atoms with Crippen molar-refractivity contribution in [2.75, 3.05) is 31.7 Å². The van der Waals surface area contributed by atoms with Crippen LogP contribution in [-0.4, -0.2) is 49.0 Å². The molecular formula is C13H21N3O2. The summed E-state index contributed by atoms with van der Waals surface area (Å²) in [6.45, 7) is 8.29. The molecule has 1 aliphatic rings. The van der Waals surface area contributed by atoms with E-state index in [0.29, 0.717) is 6.61 Å². The molecule has 0 N–H and O–H groups in total. The number of ether oxygens (including phenoxy) is 2. The summed E-state index contributed by atoms with van der Waals surface area (Å²) in [5.41, 5.74) is 1.91. The van der Waals surface area contributed by atoms with Crippen molar-refractivity contribution in [1.82, 2.24) is 9.97 Å². The van der Waals surface area contributed by atoms with Gasteiger partial charge in [0.15, 0.2) is 5.82 Å². The molecule has 2 rings (SSSR count). The Morgan fingerprint density at radius 3 is 2.94 bits per heavy atom. The van der Waals surface area contributed by atoms with E-state index in [0.717, 1.165) is 30.3 Å². The largest absolute Gasteiger partial charge is 0.382 e. The van der Waals surface area contributed by atoms with Gasteiger partial charge in [-0.25, -0.2) is 4.98 Å². The minimum atomic E-state index is 0.0977. The van der Waals surface area contributed by atoms with Gasteiger partial charge in [0.1, 0.15) is 0 Å². The molecule has 100 valence electrons. The van der Waals surface area contributed by atoms with Gasteiger partial charge in [-0.15, -0.1) is 0 Å². The first kappa shape index (κ1) is 13.2. The quantitative estimate of drug-likeness (QED) is 0.811. The number of aromatic nitrogens is 2. The Morgan fingerprint density at radius 2 is 2.22 bits per heavy atom. The lowest BCUT2D eigenvalue weighted by atomic mass is 10.2. The van der Waals surface area contributed by atoms with Crippen LogP contribution in [-0.2, 0) is 9.47 Å². The summed E-state index contributed by atoms with van der Waals surface area (Å²) in [5.74, 6) is 0.964. The number of morpholine rings is 1. The summed E-state index contributed by atoms with van der Waals surface area (Å²) in [7, 11) is 1.70. The predicted octanol–water partition coefficient (Wildman–Crippen LogP) is 1.33. The summed E-state index contributed by atoms with van der Waals surface area (Å²) in [6, 6.07) is 0. The Kier molecular flexibility index (Phi) is 4.14. The molecule has 0 aromatic carbocycles. The maximum atomic E-state index is 5.83. The average molecular weight is 251 g/mol. The Labute approximate surface area is 108 Å². The molecular weight excluding hydrogens is 230 g/mol. The maximum absolute atomic E-state index is 5.83. The van der Waals surface area contributed by atoms with E-state index < -0.39 is 0 Å². The molecule has 1 aromatic rings. The summed E-state index contributed by atoms with van der Waals surface area (Å²) in [4.78, 5) is 11.2. The number of hydrogen-bond donors (Lipinski definition) is 0. The fourth-order valence-electron chi connectivity index (χ4n) is 2.32. The third-order valence-corrected chi connectivity index (χ3v) is 3.03. The van der Waals surface area contributed by atoms with Gasteiger partial charge in [0.2, 0.25) is 0 Å². The van der Waals surface area contributed by atoms with Gasteiger partial charge in [-0.2, -0.15) is 0 Å². The van der Waals surface area contributed by atoms with E-state index in [1.54, 1.807) is 13.3 Å². The molecule has 0 bridgehead atoms. The number of hydrogen-bond acceptors (Lipinski definition) is 5. The van der Waals surface area contributed by atoms with Crippen LogP contribution in [0.2, 0.25) is 0 Å². The second kappa shape index (κ2) is 5.63. The summed E-state index contributed by atoms with van der Waals surface area (Å²) in [6.07, 6.45) is 2.08. The van der Waals surface area contributed by atoms with Crippen molar-refractivity contribution < 1.29 is 9.47 Å². The van der Waals surface area contributed by atoms with Gasteiger partial charge < -0.3 is 14.4 Å². The molecule has 0 saturated carbocycles. The van der Waals surface area contributed by atoms with Crippen LogP contribution in [0.5, 0.6) is 0 Å². The van der Waals surface area contributed by atoms with Crippen LogP contribution in [0.1, 0.15) is 18.3 Å². The van der Waals surface area contributed by atoms with Crippen LogP contribution in [0.15, 0.2) is 6.20 Å². The van der Waals surface area contributed by atoms with Gasteiger partial charge >= 0.3 is 0 Å². The van der Waals surface area contributed by atoms with Gasteiger partial charge in [-0.3, -0.25) is 4.98 Å². The van der Waals surface area contributed by atoms with Crippen molar-refractivity contribution in [2.24, 2.45) is 0 Å². The zero-order chi connectivity index (χ0) is 13.1. The zero-order valence-electron chi connectivity index (χ0n) is 11.5. The van der Waals surface area contributed by atoms with E-state index in [1.165, 1.54) is 0 Å². The fraction of sp³-hybridized carbons (Fsp3) is 0.692. The minimum absolute atomic E-state index is 0.0977. The van der Waals surface area contributed by atoms with Crippen LogP contribution in [0.3, 0.4) is 0 Å². The number of rotatable bonds is 3. The third kappa shape index (κ3) is 2.97. The predicted molar refractivity (Wildman–Crippen MR) is 69.9 cm³/mol. The number of aryl methyl sites for hydroxylation is 2. The van der Waals surface area contributed by atoms with Crippen molar-refractivity contribution in [3.63, 3.8) is 0 Å². The maximum Gasteiger partial charge on any atom is 0.150 e. The monoisotopic (exact) mass is 251 g/mol. The van der Waals surface area contributed by atoms with Crippen LogP contribution < -0.4 is 4.90 Å². The standard InChI is InChI=1S/C13H21N3O2/c1-9-5-14-11(3)13(15-9)16-6-10(2)18-12(7-16)8-17-4/h5,10,12H,6-8H2,1-4H3. The zero-order valence-corrected chi connectivity index (χ0v) is 11.5. The second-order valence-corrected chi connectivity index (χ2v) is 4.85. The van der Waals surface area contributed by atoms with Crippen LogP contribution in [0, 0.1) is 13.8 Å². The second-order valence-electron chi connectivity index (χ2n) is 4.85. The fourth-order valence-corrected chi connectivity index (χ4v) is 2.32. The van der Waals surface area contributed by atoms with Crippen LogP contribution in [0.4, 0.5) is 5.82 Å². The first-order chi connectivity index (χ1) is 8.60. The highest BCUT2D eigenvalue weighted by Gasteiger charge is 2.27. The number of anilines is 1. The van der Waals surface area contributed by atoms with Crippen LogP contribution >= 0.6 is 0 Å². The molecule has 1 aromatic heterocycles. The van der Waals surface area contributed by atoms with E-state index >= 15 is 0 Å². The molecule has 0 radical (unpaired) electrons. The molecule has 0 spiro atoms. The molecule has 2 atom stereocenters. The third-order valence-electron chi connectivity index (χ3n) is 3.03. The van der Waals surface area contributed by atoms with E-state index in [4.69, 9.17) is 9.47 Å². The normalized spacial score (nSPS) is 24.3. The van der Waals surface area contributed by atoms with E-state index in [1.807, 2.05) is 13.8 Å². The average Bonchev–Trinajstić information content (AvgIpc) is 2.32. The van der Waals surface area contributed by atoms with Crippen LogP contribution in [0.25, 0.3) is 0 Å². The Hall–Kier alpha value is -1.20. The van der Waals surface area contributed by atoms with Crippen molar-refractivity contribution in [2.45, 2.75) is 33.0 Å². The van der Waals surface area contributed by atoms with Gasteiger partial charge in [0.05, 0.1) is 30.2 Å². The van der Waals surface area contributed by atoms with E-state index in [2.05, 4.69) is 21.8 Å². The molecule has 2 heterocycles. The first-order valence-corrected chi connectivity index (χ1v) is 6.29. The molecule has 0 aliphatic carbocycles. The van der Waals surface area contributed by atoms with Gasteiger partial charge in [0, 0.05) is 26.4 Å². The molecule has 5 heteroatoms. The molecule has 1 aliphatic heterocycles.